The van der Waals surface area contributed by atoms with Crippen LogP contribution < -0.4 is 21.6 Å². The minimum absolute atomic E-state index is 0.0744. The molecular formula is C40H62N4O7. The summed E-state index contributed by atoms with van der Waals surface area (Å²) < 4.78 is 10.3. The first-order valence-electron chi connectivity index (χ1n) is 18.8. The number of nitrogens with zero attached hydrogens (tertiary/aromatic N) is 1. The van der Waals surface area contributed by atoms with Crippen molar-refractivity contribution < 1.29 is 33.8 Å². The zero-order valence-electron chi connectivity index (χ0n) is 31.7. The van der Waals surface area contributed by atoms with E-state index in [9.17, 15) is 24.3 Å². The maximum atomic E-state index is 12.4. The van der Waals surface area contributed by atoms with Crippen LogP contribution in [0.5, 0.6) is 0 Å². The van der Waals surface area contributed by atoms with Crippen LogP contribution in [-0.2, 0) is 19.1 Å². The van der Waals surface area contributed by atoms with Gasteiger partial charge in [-0.25, -0.2) is 14.4 Å². The largest absolute Gasteiger partial charge is 0.480 e. The van der Waals surface area contributed by atoms with Gasteiger partial charge in [-0.1, -0.05) is 62.8 Å². The zero-order chi connectivity index (χ0) is 37.6. The van der Waals surface area contributed by atoms with E-state index in [-0.39, 0.29) is 12.2 Å². The highest BCUT2D eigenvalue weighted by atomic mass is 16.6. The monoisotopic (exact) mass is 710 g/mol. The van der Waals surface area contributed by atoms with E-state index in [0.29, 0.717) is 30.7 Å². The molecule has 1 aromatic heterocycles. The molecule has 11 heteroatoms. The van der Waals surface area contributed by atoms with Gasteiger partial charge in [0, 0.05) is 46.1 Å². The van der Waals surface area contributed by atoms with Crippen LogP contribution in [0.3, 0.4) is 0 Å². The molecule has 3 aliphatic rings. The molecule has 11 nitrogen and oxygen atoms in total. The van der Waals surface area contributed by atoms with E-state index in [2.05, 4.69) is 16.4 Å². The summed E-state index contributed by atoms with van der Waals surface area (Å²) in [5.74, 6) is -1.13. The molecule has 284 valence electrons. The number of carboxylic acids is 1. The molecule has 0 aliphatic heterocycles. The summed E-state index contributed by atoms with van der Waals surface area (Å²) in [7, 11) is 0. The van der Waals surface area contributed by atoms with Crippen molar-refractivity contribution in [3.63, 3.8) is 0 Å². The van der Waals surface area contributed by atoms with Gasteiger partial charge in [-0.2, -0.15) is 4.90 Å². The molecule has 2 saturated carbocycles. The Labute approximate surface area is 303 Å². The van der Waals surface area contributed by atoms with Crippen LogP contribution in [0.1, 0.15) is 131 Å². The lowest BCUT2D eigenvalue weighted by molar-refractivity contribution is -0.143. The summed E-state index contributed by atoms with van der Waals surface area (Å²) in [6.45, 7) is 10.2. The zero-order valence-corrected chi connectivity index (χ0v) is 31.7. The number of Topliss-reactive ketones (excluding diaryl/α,β-unsaturated/α-hetero) is 1. The molecule has 1 aromatic carbocycles. The normalized spacial score (nSPS) is 17.3. The smallest absolute Gasteiger partial charge is 0.420 e. The molecule has 3 aliphatic carbocycles. The molecule has 2 amide bonds. The highest BCUT2D eigenvalue weighted by molar-refractivity contribution is 6.09. The summed E-state index contributed by atoms with van der Waals surface area (Å²) in [5, 5.41) is 16.6. The van der Waals surface area contributed by atoms with Crippen LogP contribution in [0.25, 0.3) is 23.1 Å². The number of para-hydroxylation sites is 1. The van der Waals surface area contributed by atoms with Crippen molar-refractivity contribution in [2.24, 2.45) is 5.73 Å². The van der Waals surface area contributed by atoms with Gasteiger partial charge in [0.1, 0.15) is 17.2 Å². The van der Waals surface area contributed by atoms with E-state index in [4.69, 9.17) is 15.2 Å². The number of H-pyrrole nitrogens is 1. The minimum atomic E-state index is -1.37. The molecule has 0 saturated heterocycles. The number of fused-ring (bicyclic) bond motifs is 3. The third-order valence-electron chi connectivity index (χ3n) is 8.98. The van der Waals surface area contributed by atoms with E-state index in [0.717, 1.165) is 22.9 Å². The number of hydrogen-bond acceptors (Lipinski definition) is 8. The maximum Gasteiger partial charge on any atom is 0.420 e. The standard InChI is InChI=1S/C16H30N2O6.C12H9NO.C12H23N/c1-15(2,3)23-13(21)18(14(22)24-16(4,5)6)11(12(19)20)9-7-8-10-17;14-8-5-6-10-9-3-1-2-4-11(9)13-12(10)7-8;1-3-7-11(8-4-1)13-12-9-5-2-6-10-12/h11H,7-10,17H2,1-6H3,(H,19,20);1-4,6-7,13H,5H2;11-13H,1-10H2/t11-;;/m0../s1. The topological polar surface area (TPSA) is 164 Å². The van der Waals surface area contributed by atoms with E-state index in [1.807, 2.05) is 24.3 Å². The van der Waals surface area contributed by atoms with Gasteiger partial charge in [-0.15, -0.1) is 0 Å². The molecule has 0 spiro atoms. The average molecular weight is 711 g/mol. The second-order valence-electron chi connectivity index (χ2n) is 15.8. The molecular weight excluding hydrogens is 648 g/mol. The van der Waals surface area contributed by atoms with E-state index >= 15 is 0 Å². The summed E-state index contributed by atoms with van der Waals surface area (Å²) in [4.78, 5) is 51.3. The number of ketones is 1. The van der Waals surface area contributed by atoms with Gasteiger partial charge in [0.2, 0.25) is 0 Å². The second kappa shape index (κ2) is 19.8. The van der Waals surface area contributed by atoms with Crippen molar-refractivity contribution in [2.45, 2.75) is 161 Å². The molecule has 5 rings (SSSR count). The van der Waals surface area contributed by atoms with Gasteiger partial charge in [0.25, 0.3) is 0 Å². The molecule has 1 heterocycles. The van der Waals surface area contributed by atoms with Crippen molar-refractivity contribution in [1.82, 2.24) is 15.2 Å². The Morgan fingerprint density at radius 1 is 0.882 bits per heavy atom. The fourth-order valence-corrected chi connectivity index (χ4v) is 6.61. The fourth-order valence-electron chi connectivity index (χ4n) is 6.61. The Morgan fingerprint density at radius 2 is 1.41 bits per heavy atom. The predicted octanol–water partition coefficient (Wildman–Crippen LogP) is 6.68. The first-order chi connectivity index (χ1) is 24.1. The molecule has 2 aromatic rings. The number of unbranched alkanes of at least 4 members (excludes halogenated alkanes) is 1. The number of carboxylic acid groups (broad SMARTS) is 1. The number of amides is 2. The van der Waals surface area contributed by atoms with E-state index in [1.165, 1.54) is 74.8 Å². The third-order valence-corrected chi connectivity index (χ3v) is 8.98. The highest BCUT2D eigenvalue weighted by Gasteiger charge is 2.40. The molecule has 0 radical (unpaired) electrons. The van der Waals surface area contributed by atoms with Gasteiger partial charge < -0.3 is 30.6 Å². The van der Waals surface area contributed by atoms with Crippen molar-refractivity contribution >= 4 is 47.0 Å². The van der Waals surface area contributed by atoms with Crippen LogP contribution in [0.4, 0.5) is 9.59 Å². The number of aliphatic carboxylic acids is 1. The number of nitrogens with one attached hydrogen (secondary N) is 2. The molecule has 51 heavy (non-hydrogen) atoms. The number of benzene rings is 1. The molecule has 0 bridgehead atoms. The van der Waals surface area contributed by atoms with Crippen molar-refractivity contribution in [3.8, 4) is 0 Å². The molecule has 1 atom stereocenters. The summed E-state index contributed by atoms with van der Waals surface area (Å²) >= 11 is 0. The number of carbonyl (C=O) groups excluding carboxylic acids is 3. The summed E-state index contributed by atoms with van der Waals surface area (Å²) in [6.07, 6.45) is 17.8. The predicted molar refractivity (Wildman–Crippen MR) is 202 cm³/mol. The van der Waals surface area contributed by atoms with E-state index < -0.39 is 35.4 Å². The van der Waals surface area contributed by atoms with Crippen LogP contribution in [-0.4, -0.2) is 74.8 Å². The quantitative estimate of drug-likeness (QED) is 0.219. The number of aromatic amines is 1. The van der Waals surface area contributed by atoms with Crippen LogP contribution in [0, 0.1) is 0 Å². The lowest BCUT2D eigenvalue weighted by atomic mass is 9.91. The van der Waals surface area contributed by atoms with Gasteiger partial charge in [-0.3, -0.25) is 4.79 Å². The number of imide groups is 1. The van der Waals surface area contributed by atoms with Gasteiger partial charge in [0.05, 0.1) is 0 Å². The van der Waals surface area contributed by atoms with Gasteiger partial charge in [-0.05, 0) is 99.1 Å². The summed E-state index contributed by atoms with van der Waals surface area (Å²) in [6, 6.07) is 8.48. The number of carbonyl (C=O) groups is 4. The minimum Gasteiger partial charge on any atom is -0.480 e. The number of hydrogen-bond donors (Lipinski definition) is 4. The maximum absolute atomic E-state index is 12.4. The van der Waals surface area contributed by atoms with Crippen molar-refractivity contribution in [3.05, 3.63) is 34.8 Å². The van der Waals surface area contributed by atoms with Crippen LogP contribution >= 0.6 is 0 Å². The van der Waals surface area contributed by atoms with Crippen molar-refractivity contribution in [2.75, 3.05) is 6.54 Å². The first-order valence-corrected chi connectivity index (χ1v) is 18.8. The molecule has 5 N–H and O–H groups in total. The number of ether oxygens (including phenoxy) is 2. The van der Waals surface area contributed by atoms with Crippen LogP contribution in [0.2, 0.25) is 0 Å². The fraction of sp³-hybridized carbons (Fsp3) is 0.650. The lowest BCUT2D eigenvalue weighted by Gasteiger charge is -2.31. The Morgan fingerprint density at radius 3 is 1.90 bits per heavy atom. The van der Waals surface area contributed by atoms with Gasteiger partial charge in [0.15, 0.2) is 5.78 Å². The second-order valence-corrected chi connectivity index (χ2v) is 15.8. The number of aromatic nitrogens is 1. The number of nitrogens with two attached hydrogens (primary N) is 1. The Bertz CT molecular complexity index is 1510. The van der Waals surface area contributed by atoms with Crippen molar-refractivity contribution in [1.29, 1.82) is 0 Å². The lowest BCUT2D eigenvalue weighted by Crippen LogP contribution is -2.52. The average Bonchev–Trinajstić information content (AvgIpc) is 3.42. The first kappa shape index (κ1) is 41.7. The van der Waals surface area contributed by atoms with Crippen LogP contribution in [0.15, 0.2) is 24.3 Å². The Kier molecular flexibility index (Phi) is 16.2. The SMILES string of the molecule is C1CCC(NC2CCCCC2)CC1.CC(C)(C)OC(=O)N(C(=O)OC(C)(C)C)[C@@H](CCCCN)C(=O)O.O=C1C=c2[nH]c3ccccc3c2=CC1. The Hall–Kier alpha value is -3.70. The van der Waals surface area contributed by atoms with Gasteiger partial charge >= 0.3 is 18.2 Å². The third kappa shape index (κ3) is 14.4. The molecule has 0 unspecified atom stereocenters. The number of rotatable bonds is 8. The van der Waals surface area contributed by atoms with E-state index in [1.54, 1.807) is 47.6 Å². The highest BCUT2D eigenvalue weighted by Crippen LogP contribution is 2.23. The molecule has 2 fully saturated rings. The summed E-state index contributed by atoms with van der Waals surface area (Å²) in [5.41, 5.74) is 4.75. The Balaban J connectivity index is 0.000000219.